The third kappa shape index (κ3) is 3.71. The zero-order valence-electron chi connectivity index (χ0n) is 16.3. The number of nitrogens with zero attached hydrogens (tertiary/aromatic N) is 2. The van der Waals surface area contributed by atoms with Crippen LogP contribution in [-0.2, 0) is 25.0 Å². The van der Waals surface area contributed by atoms with Crippen molar-refractivity contribution in [1.82, 2.24) is 9.47 Å². The maximum Gasteiger partial charge on any atom is 0.123 e. The number of likely N-dealkylation sites (N-methyl/N-ethyl adjacent to an activating group) is 1. The van der Waals surface area contributed by atoms with E-state index in [1.165, 1.54) is 39.9 Å². The van der Waals surface area contributed by atoms with Gasteiger partial charge in [0.15, 0.2) is 0 Å². The monoisotopic (exact) mass is 382 g/mol. The second-order valence-electron chi connectivity index (χ2n) is 8.12. The minimum absolute atomic E-state index is 0. The SMILES string of the molecule is C.Cc1ccc2c(c1)c1c(n2CC(C)(O)c2ccc(F)cc2)CCN(C)CC1. The number of hydrogen-bond acceptors (Lipinski definition) is 2. The molecule has 0 amide bonds. The summed E-state index contributed by atoms with van der Waals surface area (Å²) in [6.45, 7) is 6.46. The van der Waals surface area contributed by atoms with E-state index in [0.29, 0.717) is 6.54 Å². The van der Waals surface area contributed by atoms with Crippen LogP contribution in [-0.4, -0.2) is 34.7 Å². The molecule has 3 nitrogen and oxygen atoms in total. The van der Waals surface area contributed by atoms with Gasteiger partial charge in [-0.3, -0.25) is 0 Å². The maximum absolute atomic E-state index is 13.3. The largest absolute Gasteiger partial charge is 0.384 e. The first-order valence-electron chi connectivity index (χ1n) is 9.63. The van der Waals surface area contributed by atoms with E-state index in [1.54, 1.807) is 12.1 Å². The van der Waals surface area contributed by atoms with E-state index in [0.717, 1.165) is 31.5 Å². The predicted octanol–water partition coefficient (Wildman–Crippen LogP) is 4.66. The van der Waals surface area contributed by atoms with Crippen LogP contribution in [0.3, 0.4) is 0 Å². The van der Waals surface area contributed by atoms with E-state index in [-0.39, 0.29) is 13.2 Å². The van der Waals surface area contributed by atoms with Crippen LogP contribution in [0.1, 0.15) is 36.7 Å². The van der Waals surface area contributed by atoms with Gasteiger partial charge in [-0.2, -0.15) is 0 Å². The molecule has 1 unspecified atom stereocenters. The average molecular weight is 383 g/mol. The molecule has 0 spiro atoms. The van der Waals surface area contributed by atoms with Gasteiger partial charge in [0, 0.05) is 36.1 Å². The topological polar surface area (TPSA) is 28.4 Å². The Morgan fingerprint density at radius 2 is 1.75 bits per heavy atom. The van der Waals surface area contributed by atoms with Gasteiger partial charge in [0.1, 0.15) is 11.4 Å². The summed E-state index contributed by atoms with van der Waals surface area (Å²) >= 11 is 0. The number of aliphatic hydroxyl groups is 1. The van der Waals surface area contributed by atoms with Gasteiger partial charge in [0.05, 0.1) is 6.54 Å². The van der Waals surface area contributed by atoms with Crippen molar-refractivity contribution in [1.29, 1.82) is 0 Å². The highest BCUT2D eigenvalue weighted by molar-refractivity contribution is 5.86. The number of aryl methyl sites for hydroxylation is 1. The van der Waals surface area contributed by atoms with Crippen LogP contribution in [0.25, 0.3) is 10.9 Å². The van der Waals surface area contributed by atoms with E-state index < -0.39 is 5.60 Å². The Morgan fingerprint density at radius 3 is 2.46 bits per heavy atom. The molecular formula is C24H31FN2O. The Morgan fingerprint density at radius 1 is 1.07 bits per heavy atom. The zero-order chi connectivity index (χ0) is 19.2. The fourth-order valence-corrected chi connectivity index (χ4v) is 4.26. The summed E-state index contributed by atoms with van der Waals surface area (Å²) in [6, 6.07) is 12.8. The normalized spacial score (nSPS) is 16.9. The Hall–Kier alpha value is -2.17. The predicted molar refractivity (Wildman–Crippen MR) is 114 cm³/mol. The third-order valence-electron chi connectivity index (χ3n) is 5.85. The standard InChI is InChI=1S/C23H27FN2O.CH4/c1-16-4-9-21-20(14-16)19-10-12-25(3)13-11-22(19)26(21)15-23(2,27)17-5-7-18(24)8-6-17;/h4-9,14,27H,10-13,15H2,1-3H3;1H4. The Balaban J connectivity index is 0.00000225. The smallest absolute Gasteiger partial charge is 0.123 e. The molecule has 4 rings (SSSR count). The van der Waals surface area contributed by atoms with E-state index in [9.17, 15) is 9.50 Å². The van der Waals surface area contributed by atoms with Crippen LogP contribution in [0.2, 0.25) is 0 Å². The second-order valence-corrected chi connectivity index (χ2v) is 8.12. The van der Waals surface area contributed by atoms with Crippen molar-refractivity contribution in [3.63, 3.8) is 0 Å². The van der Waals surface area contributed by atoms with Crippen LogP contribution >= 0.6 is 0 Å². The van der Waals surface area contributed by atoms with Gasteiger partial charge in [-0.15, -0.1) is 0 Å². The van der Waals surface area contributed by atoms with Crippen molar-refractivity contribution in [3.8, 4) is 0 Å². The van der Waals surface area contributed by atoms with Crippen LogP contribution < -0.4 is 0 Å². The van der Waals surface area contributed by atoms with Crippen molar-refractivity contribution < 1.29 is 9.50 Å². The molecular weight excluding hydrogens is 351 g/mol. The van der Waals surface area contributed by atoms with Crippen LogP contribution in [0.5, 0.6) is 0 Å². The molecule has 1 aliphatic rings. The summed E-state index contributed by atoms with van der Waals surface area (Å²) in [5.41, 5.74) is 4.83. The van der Waals surface area contributed by atoms with E-state index in [2.05, 4.69) is 41.6 Å². The second kappa shape index (κ2) is 7.69. The van der Waals surface area contributed by atoms with E-state index in [4.69, 9.17) is 0 Å². The van der Waals surface area contributed by atoms with Gasteiger partial charge < -0.3 is 14.6 Å². The Bertz CT molecular complexity index is 972. The first kappa shape index (κ1) is 20.6. The highest BCUT2D eigenvalue weighted by atomic mass is 19.1. The molecule has 1 N–H and O–H groups in total. The quantitative estimate of drug-likeness (QED) is 0.713. The highest BCUT2D eigenvalue weighted by Gasteiger charge is 2.28. The molecule has 3 aromatic rings. The Labute approximate surface area is 167 Å². The summed E-state index contributed by atoms with van der Waals surface area (Å²) in [7, 11) is 2.17. The molecule has 150 valence electrons. The average Bonchev–Trinajstić information content (AvgIpc) is 2.76. The number of halogens is 1. The molecule has 0 aliphatic carbocycles. The minimum atomic E-state index is -1.07. The minimum Gasteiger partial charge on any atom is -0.384 e. The number of fused-ring (bicyclic) bond motifs is 3. The maximum atomic E-state index is 13.3. The molecule has 0 saturated heterocycles. The molecule has 0 radical (unpaired) electrons. The van der Waals surface area contributed by atoms with Crippen molar-refractivity contribution in [3.05, 3.63) is 70.7 Å². The summed E-state index contributed by atoms with van der Waals surface area (Å²) in [5, 5.41) is 12.5. The highest BCUT2D eigenvalue weighted by Crippen LogP contribution is 2.33. The van der Waals surface area contributed by atoms with Crippen molar-refractivity contribution in [2.45, 2.75) is 46.3 Å². The lowest BCUT2D eigenvalue weighted by molar-refractivity contribution is 0.0387. The fourth-order valence-electron chi connectivity index (χ4n) is 4.26. The molecule has 1 aliphatic heterocycles. The van der Waals surface area contributed by atoms with Gasteiger partial charge in [0.2, 0.25) is 0 Å². The lowest BCUT2D eigenvalue weighted by atomic mass is 9.95. The van der Waals surface area contributed by atoms with Crippen LogP contribution in [0, 0.1) is 12.7 Å². The zero-order valence-corrected chi connectivity index (χ0v) is 16.3. The summed E-state index contributed by atoms with van der Waals surface area (Å²) in [4.78, 5) is 2.37. The van der Waals surface area contributed by atoms with Gasteiger partial charge in [-0.1, -0.05) is 31.2 Å². The summed E-state index contributed by atoms with van der Waals surface area (Å²) < 4.78 is 15.6. The number of benzene rings is 2. The lowest BCUT2D eigenvalue weighted by Gasteiger charge is -2.26. The van der Waals surface area contributed by atoms with Crippen molar-refractivity contribution in [2.75, 3.05) is 20.1 Å². The number of aromatic nitrogens is 1. The fraction of sp³-hybridized carbons (Fsp3) is 0.417. The van der Waals surface area contributed by atoms with E-state index in [1.807, 2.05) is 6.92 Å². The molecule has 28 heavy (non-hydrogen) atoms. The molecule has 0 fully saturated rings. The van der Waals surface area contributed by atoms with Gasteiger partial charge in [-0.25, -0.2) is 4.39 Å². The van der Waals surface area contributed by atoms with E-state index >= 15 is 0 Å². The number of rotatable bonds is 3. The van der Waals surface area contributed by atoms with Gasteiger partial charge in [-0.05, 0) is 62.7 Å². The van der Waals surface area contributed by atoms with Gasteiger partial charge >= 0.3 is 0 Å². The molecule has 1 aromatic heterocycles. The third-order valence-corrected chi connectivity index (χ3v) is 5.85. The lowest BCUT2D eigenvalue weighted by Crippen LogP contribution is -2.29. The van der Waals surface area contributed by atoms with Crippen LogP contribution in [0.15, 0.2) is 42.5 Å². The molecule has 2 aromatic carbocycles. The first-order chi connectivity index (χ1) is 12.8. The van der Waals surface area contributed by atoms with Crippen LogP contribution in [0.4, 0.5) is 4.39 Å². The summed E-state index contributed by atoms with van der Waals surface area (Å²) in [5.74, 6) is -0.284. The molecule has 4 heteroatoms. The van der Waals surface area contributed by atoms with Gasteiger partial charge in [0.25, 0.3) is 0 Å². The first-order valence-corrected chi connectivity index (χ1v) is 9.63. The molecule has 0 saturated carbocycles. The molecule has 0 bridgehead atoms. The Kier molecular flexibility index (Phi) is 5.64. The molecule has 1 atom stereocenters. The molecule has 2 heterocycles. The number of hydrogen-bond donors (Lipinski definition) is 1. The summed E-state index contributed by atoms with van der Waals surface area (Å²) in [6.07, 6.45) is 2.00. The van der Waals surface area contributed by atoms with Crippen molar-refractivity contribution in [2.24, 2.45) is 0 Å². The van der Waals surface area contributed by atoms with Crippen molar-refractivity contribution >= 4 is 10.9 Å².